The maximum absolute atomic E-state index is 6.06. The molecule has 0 bridgehead atoms. The van der Waals surface area contributed by atoms with E-state index in [4.69, 9.17) is 17.3 Å². The van der Waals surface area contributed by atoms with Crippen LogP contribution >= 0.6 is 11.6 Å². The maximum Gasteiger partial charge on any atom is 0.0917 e. The average Bonchev–Trinajstić information content (AvgIpc) is 2.64. The Morgan fingerprint density at radius 2 is 2.12 bits per heavy atom. The summed E-state index contributed by atoms with van der Waals surface area (Å²) in [5.41, 5.74) is 8.12. The Kier molecular flexibility index (Phi) is 3.50. The van der Waals surface area contributed by atoms with Crippen LogP contribution in [0.25, 0.3) is 0 Å². The van der Waals surface area contributed by atoms with E-state index in [1.54, 1.807) is 0 Å². The fourth-order valence-corrected chi connectivity index (χ4v) is 2.17. The van der Waals surface area contributed by atoms with E-state index in [1.807, 2.05) is 55.1 Å². The Morgan fingerprint density at radius 1 is 1.35 bits per heavy atom. The average molecular weight is 250 g/mol. The molecule has 2 aromatic rings. The summed E-state index contributed by atoms with van der Waals surface area (Å²) in [6, 6.07) is 9.71. The van der Waals surface area contributed by atoms with E-state index in [1.165, 1.54) is 0 Å². The number of aryl methyl sites for hydroxylation is 1. The number of hydrogen-bond acceptors (Lipinski definition) is 2. The number of halogens is 1. The lowest BCUT2D eigenvalue weighted by molar-refractivity contribution is 0.452. The third-order valence-corrected chi connectivity index (χ3v) is 2.95. The highest BCUT2D eigenvalue weighted by molar-refractivity contribution is 6.30. The third kappa shape index (κ3) is 2.68. The molecule has 1 heterocycles. The minimum Gasteiger partial charge on any atom is -0.326 e. The highest BCUT2D eigenvalue weighted by Gasteiger charge is 2.19. The summed E-state index contributed by atoms with van der Waals surface area (Å²) in [6.07, 6.45) is 1.95. The summed E-state index contributed by atoms with van der Waals surface area (Å²) in [7, 11) is 0. The lowest BCUT2D eigenvalue weighted by Gasteiger charge is -2.22. The molecule has 1 aromatic heterocycles. The lowest BCUT2D eigenvalue weighted by atomic mass is 10.0. The standard InChI is InChI=1S/C13H16ClN3/c1-9-6-7-17(16-9)13(10(2)15)11-4-3-5-12(14)8-11/h3-8,10,13H,15H2,1-2H3. The Bertz CT molecular complexity index is 505. The number of aromatic nitrogens is 2. The van der Waals surface area contributed by atoms with Crippen LogP contribution in [0.2, 0.25) is 5.02 Å². The molecule has 4 heteroatoms. The molecule has 2 atom stereocenters. The summed E-state index contributed by atoms with van der Waals surface area (Å²) in [4.78, 5) is 0. The van der Waals surface area contributed by atoms with Gasteiger partial charge in [0, 0.05) is 17.3 Å². The van der Waals surface area contributed by atoms with Gasteiger partial charge < -0.3 is 5.73 Å². The first kappa shape index (κ1) is 12.1. The van der Waals surface area contributed by atoms with E-state index >= 15 is 0 Å². The normalized spacial score (nSPS) is 14.6. The summed E-state index contributed by atoms with van der Waals surface area (Å²) < 4.78 is 1.89. The predicted molar refractivity (Wildman–Crippen MR) is 70.2 cm³/mol. The molecule has 0 amide bonds. The van der Waals surface area contributed by atoms with Crippen LogP contribution in [0.1, 0.15) is 24.2 Å². The van der Waals surface area contributed by atoms with Gasteiger partial charge in [-0.1, -0.05) is 23.7 Å². The van der Waals surface area contributed by atoms with Crippen molar-refractivity contribution in [3.05, 3.63) is 52.8 Å². The van der Waals surface area contributed by atoms with Crippen LogP contribution in [0.15, 0.2) is 36.5 Å². The fourth-order valence-electron chi connectivity index (χ4n) is 1.98. The zero-order valence-corrected chi connectivity index (χ0v) is 10.7. The fraction of sp³-hybridized carbons (Fsp3) is 0.308. The predicted octanol–water partition coefficient (Wildman–Crippen LogP) is 2.78. The van der Waals surface area contributed by atoms with E-state index in [0.29, 0.717) is 0 Å². The highest BCUT2D eigenvalue weighted by atomic mass is 35.5. The second-order valence-corrected chi connectivity index (χ2v) is 4.73. The van der Waals surface area contributed by atoms with Crippen LogP contribution in [-0.4, -0.2) is 15.8 Å². The second-order valence-electron chi connectivity index (χ2n) is 4.30. The largest absolute Gasteiger partial charge is 0.326 e. The summed E-state index contributed by atoms with van der Waals surface area (Å²) in [5.74, 6) is 0. The zero-order chi connectivity index (χ0) is 12.4. The molecule has 0 spiro atoms. The molecule has 0 saturated carbocycles. The van der Waals surface area contributed by atoms with Gasteiger partial charge in [-0.25, -0.2) is 0 Å². The van der Waals surface area contributed by atoms with Crippen molar-refractivity contribution in [2.75, 3.05) is 0 Å². The van der Waals surface area contributed by atoms with Crippen LogP contribution in [-0.2, 0) is 0 Å². The molecule has 0 fully saturated rings. The number of hydrogen-bond donors (Lipinski definition) is 1. The first-order chi connectivity index (χ1) is 8.08. The summed E-state index contributed by atoms with van der Waals surface area (Å²) in [6.45, 7) is 3.94. The summed E-state index contributed by atoms with van der Waals surface area (Å²) in [5, 5.41) is 5.15. The molecule has 90 valence electrons. The van der Waals surface area contributed by atoms with Gasteiger partial charge in [-0.3, -0.25) is 4.68 Å². The van der Waals surface area contributed by atoms with Gasteiger partial charge in [-0.2, -0.15) is 5.10 Å². The van der Waals surface area contributed by atoms with Crippen molar-refractivity contribution in [3.63, 3.8) is 0 Å². The van der Waals surface area contributed by atoms with Crippen molar-refractivity contribution in [1.82, 2.24) is 9.78 Å². The van der Waals surface area contributed by atoms with E-state index in [0.717, 1.165) is 16.3 Å². The number of nitrogens with two attached hydrogens (primary N) is 1. The SMILES string of the molecule is Cc1ccn(C(c2cccc(Cl)c2)C(C)N)n1. The van der Waals surface area contributed by atoms with E-state index in [-0.39, 0.29) is 12.1 Å². The van der Waals surface area contributed by atoms with Crippen LogP contribution < -0.4 is 5.73 Å². The quantitative estimate of drug-likeness (QED) is 0.909. The molecule has 0 aliphatic carbocycles. The Labute approximate surface area is 106 Å². The van der Waals surface area contributed by atoms with Crippen molar-refractivity contribution in [2.45, 2.75) is 25.9 Å². The molecule has 1 aromatic carbocycles. The van der Waals surface area contributed by atoms with Crippen molar-refractivity contribution in [3.8, 4) is 0 Å². The van der Waals surface area contributed by atoms with Crippen LogP contribution in [0.5, 0.6) is 0 Å². The molecule has 17 heavy (non-hydrogen) atoms. The van der Waals surface area contributed by atoms with Gasteiger partial charge >= 0.3 is 0 Å². The van der Waals surface area contributed by atoms with Crippen LogP contribution in [0, 0.1) is 6.92 Å². The lowest BCUT2D eigenvalue weighted by Crippen LogP contribution is -2.30. The summed E-state index contributed by atoms with van der Waals surface area (Å²) >= 11 is 6.02. The minimum atomic E-state index is -0.0345. The van der Waals surface area contributed by atoms with Gasteiger partial charge in [0.05, 0.1) is 11.7 Å². The Hall–Kier alpha value is -1.32. The highest BCUT2D eigenvalue weighted by Crippen LogP contribution is 2.23. The number of benzene rings is 1. The van der Waals surface area contributed by atoms with Crippen LogP contribution in [0.3, 0.4) is 0 Å². The minimum absolute atomic E-state index is 0.0161. The Morgan fingerprint density at radius 3 is 2.65 bits per heavy atom. The molecule has 3 nitrogen and oxygen atoms in total. The van der Waals surface area contributed by atoms with Gasteiger partial charge in [0.2, 0.25) is 0 Å². The molecule has 0 aliphatic rings. The molecule has 2 N–H and O–H groups in total. The Balaban J connectivity index is 2.42. The van der Waals surface area contributed by atoms with E-state index in [9.17, 15) is 0 Å². The zero-order valence-electron chi connectivity index (χ0n) is 9.97. The smallest absolute Gasteiger partial charge is 0.0917 e. The monoisotopic (exact) mass is 249 g/mol. The molecular weight excluding hydrogens is 234 g/mol. The first-order valence-electron chi connectivity index (χ1n) is 5.61. The van der Waals surface area contributed by atoms with Gasteiger partial charge in [0.15, 0.2) is 0 Å². The van der Waals surface area contributed by atoms with Crippen molar-refractivity contribution >= 4 is 11.6 Å². The van der Waals surface area contributed by atoms with E-state index in [2.05, 4.69) is 5.10 Å². The van der Waals surface area contributed by atoms with Crippen molar-refractivity contribution in [1.29, 1.82) is 0 Å². The van der Waals surface area contributed by atoms with Gasteiger partial charge in [-0.05, 0) is 37.6 Å². The topological polar surface area (TPSA) is 43.8 Å². The number of nitrogens with zero attached hydrogens (tertiary/aromatic N) is 2. The third-order valence-electron chi connectivity index (χ3n) is 2.71. The molecule has 0 radical (unpaired) electrons. The molecule has 0 aliphatic heterocycles. The first-order valence-corrected chi connectivity index (χ1v) is 5.98. The van der Waals surface area contributed by atoms with Crippen molar-refractivity contribution < 1.29 is 0 Å². The van der Waals surface area contributed by atoms with Gasteiger partial charge in [0.25, 0.3) is 0 Å². The van der Waals surface area contributed by atoms with E-state index < -0.39 is 0 Å². The molecule has 2 rings (SSSR count). The molecule has 2 unspecified atom stereocenters. The number of rotatable bonds is 3. The maximum atomic E-state index is 6.06. The molecular formula is C13H16ClN3. The second kappa shape index (κ2) is 4.90. The van der Waals surface area contributed by atoms with Gasteiger partial charge in [0.1, 0.15) is 0 Å². The van der Waals surface area contributed by atoms with Crippen LogP contribution in [0.4, 0.5) is 0 Å². The molecule has 0 saturated heterocycles. The van der Waals surface area contributed by atoms with Crippen molar-refractivity contribution in [2.24, 2.45) is 5.73 Å². The van der Waals surface area contributed by atoms with Gasteiger partial charge in [-0.15, -0.1) is 0 Å².